The van der Waals surface area contributed by atoms with Gasteiger partial charge >= 0.3 is 0 Å². The third-order valence-electron chi connectivity index (χ3n) is 7.76. The minimum absolute atomic E-state index is 0.121. The number of nitrogens with zero attached hydrogens (tertiary/aromatic N) is 6. The first-order valence-electron chi connectivity index (χ1n) is 14.0. The molecule has 0 bridgehead atoms. The summed E-state index contributed by atoms with van der Waals surface area (Å²) in [5.74, 6) is 0.463. The van der Waals surface area contributed by atoms with E-state index in [1.54, 1.807) is 4.90 Å². The van der Waals surface area contributed by atoms with Gasteiger partial charge in [-0.05, 0) is 56.5 Å². The molecule has 0 atom stereocenters. The van der Waals surface area contributed by atoms with E-state index in [0.29, 0.717) is 18.1 Å². The van der Waals surface area contributed by atoms with Crippen LogP contribution in [0.3, 0.4) is 0 Å². The van der Waals surface area contributed by atoms with Crippen molar-refractivity contribution in [3.8, 4) is 11.4 Å². The summed E-state index contributed by atoms with van der Waals surface area (Å²) in [5, 5.41) is 8.65. The minimum Gasteiger partial charge on any atom is -0.336 e. The van der Waals surface area contributed by atoms with Gasteiger partial charge in [-0.2, -0.15) is 5.10 Å². The van der Waals surface area contributed by atoms with Gasteiger partial charge in [-0.3, -0.25) is 14.4 Å². The van der Waals surface area contributed by atoms with Crippen LogP contribution in [0.15, 0.2) is 42.6 Å². The first-order chi connectivity index (χ1) is 18.9. The maximum Gasteiger partial charge on any atom is 0.273 e. The fraction of sp³-hybridized carbons (Fsp3) is 0.419. The van der Waals surface area contributed by atoms with Crippen LogP contribution in [0, 0.1) is 13.8 Å². The molecule has 0 aliphatic carbocycles. The van der Waals surface area contributed by atoms with E-state index in [-0.39, 0.29) is 5.91 Å². The molecule has 5 rings (SSSR count). The highest BCUT2D eigenvalue weighted by molar-refractivity contribution is 6.05. The van der Waals surface area contributed by atoms with Crippen LogP contribution in [-0.4, -0.2) is 68.7 Å². The number of carbonyl (C=O) groups excluding carboxylic acids is 1. The Morgan fingerprint density at radius 3 is 2.51 bits per heavy atom. The van der Waals surface area contributed by atoms with Crippen molar-refractivity contribution in [3.63, 3.8) is 0 Å². The van der Waals surface area contributed by atoms with Crippen LogP contribution in [-0.2, 0) is 26.1 Å². The third-order valence-corrected chi connectivity index (χ3v) is 7.76. The molecule has 0 saturated carbocycles. The zero-order chi connectivity index (χ0) is 27.5. The topological polar surface area (TPSA) is 79.2 Å². The van der Waals surface area contributed by atoms with Gasteiger partial charge in [0.05, 0.1) is 11.7 Å². The van der Waals surface area contributed by atoms with Crippen LogP contribution < -0.4 is 5.32 Å². The first-order valence-corrected chi connectivity index (χ1v) is 14.0. The lowest BCUT2D eigenvalue weighted by molar-refractivity contribution is 0.0781. The number of hydrogen-bond acceptors (Lipinski definition) is 6. The molecule has 0 spiro atoms. The van der Waals surface area contributed by atoms with Gasteiger partial charge in [0.25, 0.3) is 5.91 Å². The van der Waals surface area contributed by atoms with Crippen molar-refractivity contribution >= 4 is 16.8 Å². The van der Waals surface area contributed by atoms with Crippen molar-refractivity contribution in [3.05, 3.63) is 76.2 Å². The first kappa shape index (κ1) is 27.0. The average Bonchev–Trinajstić information content (AvgIpc) is 3.31. The van der Waals surface area contributed by atoms with E-state index in [1.165, 1.54) is 11.1 Å². The van der Waals surface area contributed by atoms with Gasteiger partial charge in [0, 0.05) is 75.1 Å². The molecular formula is C31H39N7O. The third kappa shape index (κ3) is 5.72. The molecule has 204 valence electrons. The lowest BCUT2D eigenvalue weighted by atomic mass is 10.00. The van der Waals surface area contributed by atoms with Crippen LogP contribution in [0.2, 0.25) is 0 Å². The highest BCUT2D eigenvalue weighted by Gasteiger charge is 2.22. The van der Waals surface area contributed by atoms with Gasteiger partial charge in [-0.15, -0.1) is 0 Å². The molecule has 1 saturated heterocycles. The zero-order valence-corrected chi connectivity index (χ0v) is 23.8. The fourth-order valence-corrected chi connectivity index (χ4v) is 5.36. The molecule has 1 fully saturated rings. The number of fused-ring (bicyclic) bond motifs is 1. The molecule has 1 aliphatic rings. The van der Waals surface area contributed by atoms with Crippen LogP contribution in [0.1, 0.15) is 52.3 Å². The normalized spacial score (nSPS) is 14.2. The lowest BCUT2D eigenvalue weighted by Crippen LogP contribution is -2.43. The number of carbonyl (C=O) groups is 1. The Morgan fingerprint density at radius 1 is 1.00 bits per heavy atom. The summed E-state index contributed by atoms with van der Waals surface area (Å²) in [6, 6.07) is 12.5. The van der Waals surface area contributed by atoms with E-state index in [1.807, 2.05) is 50.0 Å². The molecule has 1 aliphatic heterocycles. The number of rotatable bonds is 8. The second-order valence-electron chi connectivity index (χ2n) is 10.5. The predicted octanol–water partition coefficient (Wildman–Crippen LogP) is 4.37. The second kappa shape index (κ2) is 11.6. The molecule has 0 radical (unpaired) electrons. The summed E-state index contributed by atoms with van der Waals surface area (Å²) in [6.07, 6.45) is 2.78. The zero-order valence-electron chi connectivity index (χ0n) is 23.8. The average molecular weight is 526 g/mol. The summed E-state index contributed by atoms with van der Waals surface area (Å²) >= 11 is 0. The largest absolute Gasteiger partial charge is 0.336 e. The molecule has 2 aromatic carbocycles. The van der Waals surface area contributed by atoms with Gasteiger partial charge in [-0.1, -0.05) is 30.7 Å². The highest BCUT2D eigenvalue weighted by atomic mass is 16.2. The van der Waals surface area contributed by atoms with Crippen LogP contribution in [0.25, 0.3) is 22.3 Å². The van der Waals surface area contributed by atoms with Crippen LogP contribution >= 0.6 is 0 Å². The minimum atomic E-state index is -0.121. The van der Waals surface area contributed by atoms with E-state index in [0.717, 1.165) is 79.0 Å². The molecule has 4 aromatic rings. The monoisotopic (exact) mass is 525 g/mol. The molecule has 1 N–H and O–H groups in total. The van der Waals surface area contributed by atoms with Gasteiger partial charge in [0.1, 0.15) is 5.69 Å². The smallest absolute Gasteiger partial charge is 0.273 e. The van der Waals surface area contributed by atoms with E-state index in [9.17, 15) is 4.79 Å². The van der Waals surface area contributed by atoms with Crippen molar-refractivity contribution in [1.82, 2.24) is 34.9 Å². The van der Waals surface area contributed by atoms with E-state index < -0.39 is 0 Å². The quantitative estimate of drug-likeness (QED) is 0.368. The maximum atomic E-state index is 13.8. The van der Waals surface area contributed by atoms with E-state index in [4.69, 9.17) is 9.97 Å². The molecular weight excluding hydrogens is 486 g/mol. The Labute approximate surface area is 231 Å². The van der Waals surface area contributed by atoms with Crippen molar-refractivity contribution in [2.24, 2.45) is 0 Å². The summed E-state index contributed by atoms with van der Waals surface area (Å²) in [7, 11) is 1.83. The second-order valence-corrected chi connectivity index (χ2v) is 10.5. The fourth-order valence-electron chi connectivity index (χ4n) is 5.36. The van der Waals surface area contributed by atoms with Crippen molar-refractivity contribution in [2.75, 3.05) is 33.2 Å². The van der Waals surface area contributed by atoms with Crippen molar-refractivity contribution in [1.29, 1.82) is 0 Å². The SMILES string of the molecule is CCc1cc(-c2nc(C(=O)N(C)Cc3cnn(CC)c3C)c3cc(C)ccc3n2)ccc1CN1CCNCC1. The van der Waals surface area contributed by atoms with Gasteiger partial charge in [-0.25, -0.2) is 9.97 Å². The Morgan fingerprint density at radius 2 is 1.79 bits per heavy atom. The van der Waals surface area contributed by atoms with E-state index in [2.05, 4.69) is 47.4 Å². The standard InChI is InChI=1S/C31H39N7O/c1-6-23-17-24(9-10-25(23)20-37-14-12-32-13-15-37)30-34-28-11-8-21(3)16-27(28)29(35-30)31(39)36(5)19-26-18-33-38(7-2)22(26)4/h8-11,16-18,32H,6-7,12-15,19-20H2,1-5H3. The lowest BCUT2D eigenvalue weighted by Gasteiger charge is -2.28. The number of aryl methyl sites for hydroxylation is 3. The van der Waals surface area contributed by atoms with Crippen molar-refractivity contribution in [2.45, 2.75) is 53.8 Å². The Balaban J connectivity index is 1.50. The number of aromatic nitrogens is 4. The van der Waals surface area contributed by atoms with Gasteiger partial charge < -0.3 is 10.2 Å². The summed E-state index contributed by atoms with van der Waals surface area (Å²) in [6.45, 7) is 14.8. The molecule has 39 heavy (non-hydrogen) atoms. The van der Waals surface area contributed by atoms with Crippen molar-refractivity contribution < 1.29 is 4.79 Å². The Kier molecular flexibility index (Phi) is 8.04. The number of amides is 1. The maximum absolute atomic E-state index is 13.8. The van der Waals surface area contributed by atoms with E-state index >= 15 is 0 Å². The van der Waals surface area contributed by atoms with Gasteiger partial charge in [0.15, 0.2) is 5.82 Å². The molecule has 3 heterocycles. The summed E-state index contributed by atoms with van der Waals surface area (Å²) < 4.78 is 1.95. The molecule has 2 aromatic heterocycles. The molecule has 0 unspecified atom stereocenters. The number of hydrogen-bond donors (Lipinski definition) is 1. The summed E-state index contributed by atoms with van der Waals surface area (Å²) in [4.78, 5) is 27.9. The molecule has 8 nitrogen and oxygen atoms in total. The predicted molar refractivity (Wildman–Crippen MR) is 156 cm³/mol. The Bertz CT molecular complexity index is 1490. The van der Waals surface area contributed by atoms with Gasteiger partial charge in [0.2, 0.25) is 0 Å². The number of benzene rings is 2. The molecule has 8 heteroatoms. The Hall–Kier alpha value is -3.62. The summed E-state index contributed by atoms with van der Waals surface area (Å²) in [5.41, 5.74) is 7.98. The molecule has 1 amide bonds. The highest BCUT2D eigenvalue weighted by Crippen LogP contribution is 2.27. The van der Waals surface area contributed by atoms with Crippen LogP contribution in [0.4, 0.5) is 0 Å². The van der Waals surface area contributed by atoms with Crippen LogP contribution in [0.5, 0.6) is 0 Å². The number of piperazine rings is 1. The number of nitrogens with one attached hydrogen (secondary N) is 1.